The summed E-state index contributed by atoms with van der Waals surface area (Å²) in [4.78, 5) is 35.8. The molecule has 0 atom stereocenters. The van der Waals surface area contributed by atoms with E-state index in [1.54, 1.807) is 12.1 Å². The van der Waals surface area contributed by atoms with Crippen molar-refractivity contribution in [1.29, 1.82) is 0 Å². The number of halogens is 1. The number of nitrogens with zero attached hydrogens (tertiary/aromatic N) is 1. The lowest BCUT2D eigenvalue weighted by molar-refractivity contribution is 0.252. The summed E-state index contributed by atoms with van der Waals surface area (Å²) in [6.45, 7) is 0. The van der Waals surface area contributed by atoms with E-state index in [4.69, 9.17) is 0 Å². The fourth-order valence-corrected chi connectivity index (χ4v) is 2.17. The number of hydrogen-bond acceptors (Lipinski definition) is 4. The van der Waals surface area contributed by atoms with Crippen LogP contribution < -0.4 is 27.0 Å². The molecule has 3 rings (SSSR count). The molecular formula is C16H10FN3O3. The lowest BCUT2D eigenvalue weighted by Crippen LogP contribution is -2.36. The molecule has 0 radical (unpaired) electrons. The van der Waals surface area contributed by atoms with Gasteiger partial charge in [-0.25, -0.2) is 14.6 Å². The third-order valence-electron chi connectivity index (χ3n) is 3.20. The molecule has 0 aliphatic carbocycles. The maximum absolute atomic E-state index is 13.0. The van der Waals surface area contributed by atoms with Crippen LogP contribution in [-0.2, 0) is 0 Å². The number of hydrogen-bond donors (Lipinski definition) is 2. The highest BCUT2D eigenvalue weighted by Crippen LogP contribution is 2.08. The van der Waals surface area contributed by atoms with Gasteiger partial charge in [-0.2, -0.15) is 5.10 Å². The molecule has 2 amide bonds. The molecular weight excluding hydrogens is 301 g/mol. The Labute approximate surface area is 128 Å². The number of carbonyl (C=O) groups excluding carboxylic acids is 1. The fourth-order valence-electron chi connectivity index (χ4n) is 2.17. The summed E-state index contributed by atoms with van der Waals surface area (Å²) >= 11 is 0. The van der Waals surface area contributed by atoms with E-state index < -0.39 is 22.7 Å². The van der Waals surface area contributed by atoms with Gasteiger partial charge in [-0.15, -0.1) is 0 Å². The molecule has 0 saturated carbocycles. The largest absolute Gasteiger partial charge is 0.339 e. The zero-order chi connectivity index (χ0) is 16.4. The van der Waals surface area contributed by atoms with Gasteiger partial charge >= 0.3 is 6.03 Å². The minimum atomic E-state index is -0.792. The summed E-state index contributed by atoms with van der Waals surface area (Å²) < 4.78 is 13.0. The van der Waals surface area contributed by atoms with Crippen molar-refractivity contribution in [2.45, 2.75) is 0 Å². The summed E-state index contributed by atoms with van der Waals surface area (Å²) in [6, 6.07) is 10.8. The second-order valence-electron chi connectivity index (χ2n) is 4.74. The van der Waals surface area contributed by atoms with Crippen LogP contribution in [0.3, 0.4) is 0 Å². The topological polar surface area (TPSA) is 87.6 Å². The van der Waals surface area contributed by atoms with E-state index in [2.05, 4.69) is 15.8 Å². The number of nitrogens with one attached hydrogen (secondary N) is 2. The van der Waals surface area contributed by atoms with Crippen LogP contribution in [0.5, 0.6) is 0 Å². The van der Waals surface area contributed by atoms with Crippen LogP contribution in [0.15, 0.2) is 63.2 Å². The molecule has 0 unspecified atom stereocenters. The first kappa shape index (κ1) is 14.6. The van der Waals surface area contributed by atoms with Gasteiger partial charge in [0, 0.05) is 16.5 Å². The quantitative estimate of drug-likeness (QED) is 0.697. The van der Waals surface area contributed by atoms with E-state index in [1.165, 1.54) is 30.3 Å². The lowest BCUT2D eigenvalue weighted by Gasteiger charge is -2.03. The lowest BCUT2D eigenvalue weighted by atomic mass is 10.2. The summed E-state index contributed by atoms with van der Waals surface area (Å²) in [7, 11) is 0. The van der Waals surface area contributed by atoms with E-state index in [-0.39, 0.29) is 21.8 Å². The van der Waals surface area contributed by atoms with E-state index in [0.29, 0.717) is 0 Å². The Morgan fingerprint density at radius 2 is 1.61 bits per heavy atom. The second-order valence-corrected chi connectivity index (χ2v) is 4.74. The van der Waals surface area contributed by atoms with Crippen LogP contribution in [-0.4, -0.2) is 6.03 Å². The van der Waals surface area contributed by atoms with Crippen LogP contribution >= 0.6 is 0 Å². The van der Waals surface area contributed by atoms with Gasteiger partial charge in [-0.3, -0.25) is 9.59 Å². The van der Waals surface area contributed by atoms with Gasteiger partial charge in [0.2, 0.25) is 10.9 Å². The van der Waals surface area contributed by atoms with Gasteiger partial charge in [-0.1, -0.05) is 30.3 Å². The van der Waals surface area contributed by atoms with Crippen molar-refractivity contribution in [1.82, 2.24) is 5.43 Å². The molecule has 0 fully saturated rings. The summed E-state index contributed by atoms with van der Waals surface area (Å²) in [5.74, 6) is -0.509. The smallest absolute Gasteiger partial charge is 0.306 e. The molecule has 3 aromatic carbocycles. The first-order valence-corrected chi connectivity index (χ1v) is 6.65. The molecule has 0 aromatic heterocycles. The Morgan fingerprint density at radius 3 is 2.22 bits per heavy atom. The summed E-state index contributed by atoms with van der Waals surface area (Å²) in [5, 5.41) is 6.06. The highest BCUT2D eigenvalue weighted by Gasteiger charge is 2.10. The van der Waals surface area contributed by atoms with Crippen molar-refractivity contribution in [2.75, 3.05) is 5.32 Å². The van der Waals surface area contributed by atoms with Gasteiger partial charge in [0.05, 0.1) is 0 Å². The van der Waals surface area contributed by atoms with Crippen molar-refractivity contribution in [3.05, 3.63) is 80.2 Å². The average Bonchev–Trinajstić information content (AvgIpc) is 2.77. The third kappa shape index (κ3) is 2.84. The fraction of sp³-hybridized carbons (Fsp3) is 0. The third-order valence-corrected chi connectivity index (χ3v) is 3.20. The van der Waals surface area contributed by atoms with Crippen LogP contribution in [0.25, 0.3) is 10.8 Å². The van der Waals surface area contributed by atoms with Crippen molar-refractivity contribution in [3.8, 4) is 0 Å². The molecule has 6 nitrogen and oxygen atoms in total. The Balaban J connectivity index is 1.87. The maximum Gasteiger partial charge on any atom is 0.339 e. The van der Waals surface area contributed by atoms with Crippen LogP contribution in [0.4, 0.5) is 14.9 Å². The molecule has 0 heterocycles. The number of fused-ring (bicyclic) bond motifs is 1. The van der Waals surface area contributed by atoms with Crippen LogP contribution in [0.2, 0.25) is 0 Å². The monoisotopic (exact) mass is 311 g/mol. The van der Waals surface area contributed by atoms with Crippen molar-refractivity contribution in [3.63, 3.8) is 0 Å². The Morgan fingerprint density at radius 1 is 0.957 bits per heavy atom. The molecule has 0 aliphatic rings. The number of benzene rings is 2. The highest BCUT2D eigenvalue weighted by atomic mass is 19.1. The number of anilines is 1. The SMILES string of the molecule is O=C(NN=c1c(=O)c2ccccc2c1=O)Nc1cccc(F)c1. The van der Waals surface area contributed by atoms with Gasteiger partial charge in [0.1, 0.15) is 5.82 Å². The molecule has 23 heavy (non-hydrogen) atoms. The predicted molar refractivity (Wildman–Crippen MR) is 83.0 cm³/mol. The number of carbonyl (C=O) groups is 1. The molecule has 114 valence electrons. The van der Waals surface area contributed by atoms with Crippen molar-refractivity contribution >= 4 is 22.5 Å². The van der Waals surface area contributed by atoms with Gasteiger partial charge in [0.25, 0.3) is 0 Å². The molecule has 0 saturated heterocycles. The van der Waals surface area contributed by atoms with Crippen LogP contribution in [0, 0.1) is 5.82 Å². The minimum absolute atomic E-state index is 0.218. The van der Waals surface area contributed by atoms with Crippen molar-refractivity contribution in [2.24, 2.45) is 5.10 Å². The molecule has 7 heteroatoms. The Bertz CT molecular complexity index is 1000. The normalized spacial score (nSPS) is 10.5. The summed E-state index contributed by atoms with van der Waals surface area (Å²) in [5.41, 5.74) is 1.19. The minimum Gasteiger partial charge on any atom is -0.306 e. The molecule has 2 N–H and O–H groups in total. The standard InChI is InChI=1S/C16H10FN3O3/c17-9-4-3-5-10(8-9)18-16(23)20-19-13-14(21)11-6-1-2-7-12(11)15(13)22/h1-8H,(H2,18,20,23). The van der Waals surface area contributed by atoms with E-state index >= 15 is 0 Å². The van der Waals surface area contributed by atoms with Gasteiger partial charge in [0.15, 0.2) is 5.36 Å². The Hall–Kier alpha value is -3.35. The first-order chi connectivity index (χ1) is 11.1. The Kier molecular flexibility index (Phi) is 3.68. The van der Waals surface area contributed by atoms with E-state index in [1.807, 2.05) is 0 Å². The predicted octanol–water partition coefficient (Wildman–Crippen LogP) is 1.21. The number of amides is 2. The molecule has 0 bridgehead atoms. The first-order valence-electron chi connectivity index (χ1n) is 6.65. The molecule has 3 aromatic rings. The van der Waals surface area contributed by atoms with E-state index in [0.717, 1.165) is 6.07 Å². The van der Waals surface area contributed by atoms with Gasteiger partial charge in [-0.05, 0) is 18.2 Å². The maximum atomic E-state index is 13.0. The van der Waals surface area contributed by atoms with Gasteiger partial charge < -0.3 is 5.32 Å². The van der Waals surface area contributed by atoms with E-state index in [9.17, 15) is 18.8 Å². The summed E-state index contributed by atoms with van der Waals surface area (Å²) in [6.07, 6.45) is 0. The average molecular weight is 311 g/mol. The molecule has 0 spiro atoms. The van der Waals surface area contributed by atoms with Crippen molar-refractivity contribution < 1.29 is 9.18 Å². The highest BCUT2D eigenvalue weighted by molar-refractivity contribution is 5.89. The second kappa shape index (κ2) is 5.80. The van der Waals surface area contributed by atoms with Crippen LogP contribution in [0.1, 0.15) is 0 Å². The number of urea groups is 1. The zero-order valence-electron chi connectivity index (χ0n) is 11.7. The number of rotatable bonds is 2. The molecule has 0 aliphatic heterocycles. The zero-order valence-corrected chi connectivity index (χ0v) is 11.7.